The van der Waals surface area contributed by atoms with Crippen LogP contribution in [0, 0.1) is 0 Å². The molecule has 1 atom stereocenters. The van der Waals surface area contributed by atoms with Crippen molar-refractivity contribution in [2.45, 2.75) is 26.8 Å². The lowest BCUT2D eigenvalue weighted by Crippen LogP contribution is -2.40. The van der Waals surface area contributed by atoms with Gasteiger partial charge in [-0.05, 0) is 50.6 Å². The molecule has 2 aromatic carbocycles. The monoisotopic (exact) mass is 534 g/mol. The smallest absolute Gasteiger partial charge is 0.338 e. The fourth-order valence-corrected chi connectivity index (χ4v) is 5.31. The molecule has 1 aliphatic rings. The molecule has 0 saturated carbocycles. The van der Waals surface area contributed by atoms with Gasteiger partial charge in [0.1, 0.15) is 18.4 Å². The lowest BCUT2D eigenvalue weighted by atomic mass is 9.94. The Labute approximate surface area is 224 Å². The van der Waals surface area contributed by atoms with Crippen LogP contribution in [0.1, 0.15) is 37.9 Å². The fraction of sp³-hybridized carbons (Fsp3) is 0.276. The third-order valence-corrected chi connectivity index (χ3v) is 6.86. The molecule has 0 amide bonds. The number of aromatic nitrogens is 1. The van der Waals surface area contributed by atoms with Crippen LogP contribution in [0.25, 0.3) is 6.08 Å². The van der Waals surface area contributed by atoms with Gasteiger partial charge < -0.3 is 18.9 Å². The van der Waals surface area contributed by atoms with Crippen molar-refractivity contribution in [1.29, 1.82) is 0 Å². The number of para-hydroxylation sites is 1. The van der Waals surface area contributed by atoms with Gasteiger partial charge >= 0.3 is 5.97 Å². The van der Waals surface area contributed by atoms with E-state index in [4.69, 9.17) is 18.9 Å². The van der Waals surface area contributed by atoms with Crippen LogP contribution in [0.2, 0.25) is 0 Å². The van der Waals surface area contributed by atoms with Crippen molar-refractivity contribution in [3.63, 3.8) is 0 Å². The first kappa shape index (κ1) is 26.9. The Kier molecular flexibility index (Phi) is 8.48. The summed E-state index contributed by atoms with van der Waals surface area (Å²) < 4.78 is 24.5. The van der Waals surface area contributed by atoms with Crippen LogP contribution < -0.4 is 29.1 Å². The lowest BCUT2D eigenvalue weighted by Gasteiger charge is -2.26. The Balaban J connectivity index is 1.92. The van der Waals surface area contributed by atoms with Gasteiger partial charge in [-0.15, -0.1) is 0 Å². The van der Waals surface area contributed by atoms with E-state index in [1.807, 2.05) is 37.3 Å². The quantitative estimate of drug-likeness (QED) is 0.291. The van der Waals surface area contributed by atoms with Crippen molar-refractivity contribution < 1.29 is 23.7 Å². The zero-order valence-electron chi connectivity index (χ0n) is 21.9. The predicted molar refractivity (Wildman–Crippen MR) is 147 cm³/mol. The third kappa shape index (κ3) is 5.28. The van der Waals surface area contributed by atoms with E-state index in [9.17, 15) is 9.59 Å². The van der Waals surface area contributed by atoms with Crippen molar-refractivity contribution in [3.8, 4) is 17.2 Å². The van der Waals surface area contributed by atoms with Crippen LogP contribution >= 0.6 is 11.3 Å². The van der Waals surface area contributed by atoms with Crippen molar-refractivity contribution >= 4 is 23.4 Å². The standard InChI is InChI=1S/C29H30N2O6S/c1-6-16-37-20-14-12-19(13-15-20)17-23-27(32)31-25(21-10-9-11-22(34-5)26(21)35-7-2)24(28(33)36-8-3)18(4)30-29(31)38-23/h6,9-15,17,25H,1,7-8,16H2,2-5H3/t25-/m0/s1. The average molecular weight is 535 g/mol. The van der Waals surface area contributed by atoms with E-state index in [-0.39, 0.29) is 17.7 Å². The maximum absolute atomic E-state index is 13.9. The van der Waals surface area contributed by atoms with E-state index in [0.29, 0.717) is 51.1 Å². The lowest BCUT2D eigenvalue weighted by molar-refractivity contribution is -0.139. The van der Waals surface area contributed by atoms with Gasteiger partial charge in [-0.1, -0.05) is 48.3 Å². The van der Waals surface area contributed by atoms with Gasteiger partial charge in [0.15, 0.2) is 16.3 Å². The topological polar surface area (TPSA) is 88.3 Å². The summed E-state index contributed by atoms with van der Waals surface area (Å²) in [6.45, 7) is 9.98. The molecule has 3 aromatic rings. The summed E-state index contributed by atoms with van der Waals surface area (Å²) in [5, 5.41) is 0. The van der Waals surface area contributed by atoms with Gasteiger partial charge in [0.25, 0.3) is 5.56 Å². The number of ether oxygens (including phenoxy) is 4. The second-order valence-corrected chi connectivity index (χ2v) is 9.29. The first-order chi connectivity index (χ1) is 18.4. The SMILES string of the molecule is C=CCOc1ccc(C=c2sc3n(c2=O)[C@@H](c2cccc(OC)c2OCC)C(C(=O)OCC)=C(C)N=3)cc1. The van der Waals surface area contributed by atoms with E-state index >= 15 is 0 Å². The number of nitrogens with zero attached hydrogens (tertiary/aromatic N) is 2. The minimum absolute atomic E-state index is 0.190. The summed E-state index contributed by atoms with van der Waals surface area (Å²) in [5.41, 5.74) is 1.93. The van der Waals surface area contributed by atoms with Gasteiger partial charge in [-0.3, -0.25) is 9.36 Å². The van der Waals surface area contributed by atoms with E-state index in [1.165, 1.54) is 15.9 Å². The number of rotatable bonds is 10. The summed E-state index contributed by atoms with van der Waals surface area (Å²) in [7, 11) is 1.55. The number of allylic oxidation sites excluding steroid dienone is 1. The molecule has 0 spiro atoms. The largest absolute Gasteiger partial charge is 0.493 e. The zero-order chi connectivity index (χ0) is 27.2. The van der Waals surface area contributed by atoms with E-state index in [2.05, 4.69) is 11.6 Å². The van der Waals surface area contributed by atoms with Gasteiger partial charge in [0.2, 0.25) is 0 Å². The Morgan fingerprint density at radius 2 is 1.89 bits per heavy atom. The maximum atomic E-state index is 13.9. The van der Waals surface area contributed by atoms with Crippen LogP contribution in [-0.2, 0) is 9.53 Å². The molecule has 0 fully saturated rings. The maximum Gasteiger partial charge on any atom is 0.338 e. The summed E-state index contributed by atoms with van der Waals surface area (Å²) in [6, 6.07) is 12.0. The molecule has 8 nitrogen and oxygen atoms in total. The number of fused-ring (bicyclic) bond motifs is 1. The molecule has 0 unspecified atom stereocenters. The number of benzene rings is 2. The number of hydrogen-bond acceptors (Lipinski definition) is 8. The number of carbonyl (C=O) groups excluding carboxylic acids is 1. The van der Waals surface area contributed by atoms with Crippen molar-refractivity contribution in [2.24, 2.45) is 4.99 Å². The Morgan fingerprint density at radius 3 is 2.55 bits per heavy atom. The molecule has 0 saturated heterocycles. The molecular formula is C29H30N2O6S. The number of methoxy groups -OCH3 is 1. The normalized spacial score (nSPS) is 14.9. The molecule has 0 N–H and O–H groups in total. The molecule has 0 aliphatic carbocycles. The van der Waals surface area contributed by atoms with Crippen LogP contribution in [0.3, 0.4) is 0 Å². The number of hydrogen-bond donors (Lipinski definition) is 0. The predicted octanol–water partition coefficient (Wildman–Crippen LogP) is 3.77. The second-order valence-electron chi connectivity index (χ2n) is 8.28. The Bertz CT molecular complexity index is 1550. The number of carbonyl (C=O) groups is 1. The molecule has 0 radical (unpaired) electrons. The van der Waals surface area contributed by atoms with Crippen LogP contribution in [0.4, 0.5) is 0 Å². The van der Waals surface area contributed by atoms with Gasteiger partial charge in [-0.25, -0.2) is 9.79 Å². The molecule has 1 aromatic heterocycles. The molecule has 4 rings (SSSR count). The highest BCUT2D eigenvalue weighted by Gasteiger charge is 2.35. The third-order valence-electron chi connectivity index (χ3n) is 5.88. The Hall–Kier alpha value is -4.11. The average Bonchev–Trinajstić information content (AvgIpc) is 3.22. The highest BCUT2D eigenvalue weighted by Crippen LogP contribution is 2.40. The number of thiazole rings is 1. The van der Waals surface area contributed by atoms with Crippen molar-refractivity contribution in [1.82, 2.24) is 4.57 Å². The summed E-state index contributed by atoms with van der Waals surface area (Å²) in [5.74, 6) is 1.14. The van der Waals surface area contributed by atoms with Crippen molar-refractivity contribution in [2.75, 3.05) is 26.9 Å². The van der Waals surface area contributed by atoms with Crippen LogP contribution in [-0.4, -0.2) is 37.5 Å². The van der Waals surface area contributed by atoms with E-state index in [1.54, 1.807) is 45.2 Å². The molecule has 198 valence electrons. The van der Waals surface area contributed by atoms with E-state index < -0.39 is 12.0 Å². The number of esters is 1. The highest BCUT2D eigenvalue weighted by atomic mass is 32.1. The summed E-state index contributed by atoms with van der Waals surface area (Å²) >= 11 is 1.26. The summed E-state index contributed by atoms with van der Waals surface area (Å²) in [4.78, 5) is 32.2. The minimum Gasteiger partial charge on any atom is -0.493 e. The van der Waals surface area contributed by atoms with E-state index in [0.717, 1.165) is 5.56 Å². The summed E-state index contributed by atoms with van der Waals surface area (Å²) in [6.07, 6.45) is 3.48. The van der Waals surface area contributed by atoms with Crippen LogP contribution in [0.15, 0.2) is 76.2 Å². The minimum atomic E-state index is -0.807. The molecule has 38 heavy (non-hydrogen) atoms. The first-order valence-electron chi connectivity index (χ1n) is 12.3. The molecular weight excluding hydrogens is 504 g/mol. The van der Waals surface area contributed by atoms with Crippen molar-refractivity contribution in [3.05, 3.63) is 97.2 Å². The molecule has 1 aliphatic heterocycles. The van der Waals surface area contributed by atoms with Crippen LogP contribution in [0.5, 0.6) is 17.2 Å². The fourth-order valence-electron chi connectivity index (χ4n) is 4.26. The second kappa shape index (κ2) is 12.0. The zero-order valence-corrected chi connectivity index (χ0v) is 22.7. The highest BCUT2D eigenvalue weighted by molar-refractivity contribution is 7.07. The first-order valence-corrected chi connectivity index (χ1v) is 13.1. The molecule has 0 bridgehead atoms. The molecule has 2 heterocycles. The van der Waals surface area contributed by atoms with Gasteiger partial charge in [0, 0.05) is 5.56 Å². The Morgan fingerprint density at radius 1 is 1.13 bits per heavy atom. The molecule has 9 heteroatoms. The van der Waals surface area contributed by atoms with Gasteiger partial charge in [0.05, 0.1) is 36.1 Å². The van der Waals surface area contributed by atoms with Gasteiger partial charge in [-0.2, -0.15) is 0 Å².